The van der Waals surface area contributed by atoms with E-state index in [4.69, 9.17) is 4.74 Å². The summed E-state index contributed by atoms with van der Waals surface area (Å²) >= 11 is -1.64. The van der Waals surface area contributed by atoms with E-state index in [2.05, 4.69) is 79.1 Å². The molecule has 0 amide bonds. The van der Waals surface area contributed by atoms with Crippen LogP contribution in [-0.4, -0.2) is 24.9 Å². The van der Waals surface area contributed by atoms with Crippen molar-refractivity contribution >= 4 is 45.8 Å². The Kier molecular flexibility index (Phi) is 4.30. The van der Waals surface area contributed by atoms with E-state index < -0.39 is 13.3 Å². The van der Waals surface area contributed by atoms with Gasteiger partial charge in [0.25, 0.3) is 0 Å². The van der Waals surface area contributed by atoms with Crippen molar-refractivity contribution in [3.63, 3.8) is 0 Å². The van der Waals surface area contributed by atoms with Gasteiger partial charge < -0.3 is 0 Å². The van der Waals surface area contributed by atoms with Gasteiger partial charge in [-0.2, -0.15) is 0 Å². The van der Waals surface area contributed by atoms with Gasteiger partial charge in [-0.15, -0.1) is 0 Å². The Morgan fingerprint density at radius 2 is 1.63 bits per heavy atom. The molecule has 27 heavy (non-hydrogen) atoms. The number of ether oxygens (including phenoxy) is 1. The van der Waals surface area contributed by atoms with E-state index in [1.165, 1.54) is 54.5 Å². The van der Waals surface area contributed by atoms with Gasteiger partial charge in [0.05, 0.1) is 0 Å². The van der Waals surface area contributed by atoms with E-state index in [0.29, 0.717) is 0 Å². The van der Waals surface area contributed by atoms with Crippen molar-refractivity contribution in [1.29, 1.82) is 0 Å². The molecule has 0 aliphatic heterocycles. The van der Waals surface area contributed by atoms with Gasteiger partial charge in [0, 0.05) is 0 Å². The standard InChI is InChI=1S/C24H29GeNO/c1-15-20-12-17(14-25(3,4)5)8-10-19(20)16(2)24-23(15)21-13-18(27-7)9-11-22(21)26(24)6/h8-13H,14H2,1-7H3/i25+0. The minimum absolute atomic E-state index is 0.918. The van der Waals surface area contributed by atoms with E-state index in [1.807, 2.05) is 0 Å². The van der Waals surface area contributed by atoms with E-state index in [0.717, 1.165) is 5.75 Å². The molecule has 2 nitrogen and oxygen atoms in total. The summed E-state index contributed by atoms with van der Waals surface area (Å²) in [5, 5.41) is 6.71. The zero-order chi connectivity index (χ0) is 19.5. The third-order valence-electron chi connectivity index (χ3n) is 5.76. The zero-order valence-corrected chi connectivity index (χ0v) is 19.6. The van der Waals surface area contributed by atoms with Crippen molar-refractivity contribution in [3.8, 4) is 5.75 Å². The van der Waals surface area contributed by atoms with Gasteiger partial charge in [-0.05, 0) is 0 Å². The average Bonchev–Trinajstić information content (AvgIpc) is 2.91. The van der Waals surface area contributed by atoms with Gasteiger partial charge in [-0.25, -0.2) is 0 Å². The Balaban J connectivity index is 2.12. The fourth-order valence-corrected chi connectivity index (χ4v) is 7.61. The van der Waals surface area contributed by atoms with Crippen LogP contribution in [0.15, 0.2) is 36.4 Å². The molecule has 3 aromatic carbocycles. The molecular formula is C24H29GeNO. The fraction of sp³-hybridized carbons (Fsp3) is 0.333. The van der Waals surface area contributed by atoms with Crippen molar-refractivity contribution < 1.29 is 4.74 Å². The summed E-state index contributed by atoms with van der Waals surface area (Å²) in [5.41, 5.74) is 6.84. The molecule has 1 heterocycles. The predicted molar refractivity (Wildman–Crippen MR) is 121 cm³/mol. The first kappa shape index (κ1) is 18.4. The molecule has 3 heteroatoms. The van der Waals surface area contributed by atoms with Crippen LogP contribution in [0.3, 0.4) is 0 Å². The topological polar surface area (TPSA) is 14.2 Å². The van der Waals surface area contributed by atoms with Crippen LogP contribution in [0.1, 0.15) is 16.7 Å². The van der Waals surface area contributed by atoms with E-state index >= 15 is 0 Å². The van der Waals surface area contributed by atoms with Crippen molar-refractivity contribution in [2.45, 2.75) is 36.4 Å². The number of hydrogen-bond donors (Lipinski definition) is 0. The molecule has 4 aromatic rings. The van der Waals surface area contributed by atoms with Crippen LogP contribution in [0.2, 0.25) is 17.3 Å². The molecule has 0 bridgehead atoms. The van der Waals surface area contributed by atoms with Crippen molar-refractivity contribution in [2.75, 3.05) is 7.11 Å². The van der Waals surface area contributed by atoms with Gasteiger partial charge in [0.1, 0.15) is 0 Å². The number of rotatable bonds is 3. The number of hydrogen-bond acceptors (Lipinski definition) is 1. The van der Waals surface area contributed by atoms with Gasteiger partial charge in [-0.3, -0.25) is 0 Å². The Hall–Kier alpha value is -1.94. The number of nitrogens with zero attached hydrogens (tertiary/aromatic N) is 1. The molecule has 0 unspecified atom stereocenters. The van der Waals surface area contributed by atoms with Crippen LogP contribution in [0.4, 0.5) is 0 Å². The molecule has 0 aliphatic rings. The van der Waals surface area contributed by atoms with Gasteiger partial charge in [-0.1, -0.05) is 0 Å². The molecule has 0 aliphatic carbocycles. The zero-order valence-electron chi connectivity index (χ0n) is 17.5. The molecule has 4 rings (SSSR count). The number of methoxy groups -OCH3 is 1. The first-order valence-electron chi connectivity index (χ1n) is 9.69. The summed E-state index contributed by atoms with van der Waals surface area (Å²) in [6.07, 6.45) is 0. The minimum atomic E-state index is -1.64. The Labute approximate surface area is 164 Å². The summed E-state index contributed by atoms with van der Waals surface area (Å²) in [4.78, 5) is 0. The summed E-state index contributed by atoms with van der Waals surface area (Å²) in [6, 6.07) is 13.6. The molecule has 0 N–H and O–H groups in total. The molecule has 140 valence electrons. The fourth-order valence-electron chi connectivity index (χ4n) is 4.58. The molecule has 0 atom stereocenters. The SMILES string of the molecule is COc1ccc2c(c1)c1c(C)c3cc([CH2][73Ge]([CH3])([CH3])[CH3])ccc3c(C)c1n2C. The number of fused-ring (bicyclic) bond motifs is 4. The maximum atomic E-state index is 5.51. The predicted octanol–water partition coefficient (Wildman–Crippen LogP) is 6.53. The molecule has 0 saturated heterocycles. The van der Waals surface area contributed by atoms with Crippen LogP contribution in [0, 0.1) is 13.8 Å². The first-order valence-corrected chi connectivity index (χ1v) is 17.5. The summed E-state index contributed by atoms with van der Waals surface area (Å²) < 4.78 is 7.85. The van der Waals surface area contributed by atoms with Crippen molar-refractivity contribution in [2.24, 2.45) is 7.05 Å². The summed E-state index contributed by atoms with van der Waals surface area (Å²) in [6.45, 7) is 4.55. The average molecular weight is 420 g/mol. The molecule has 0 saturated carbocycles. The summed E-state index contributed by atoms with van der Waals surface area (Å²) in [5.74, 6) is 8.38. The van der Waals surface area contributed by atoms with E-state index in [9.17, 15) is 0 Å². The van der Waals surface area contributed by atoms with Crippen LogP contribution >= 0.6 is 0 Å². The van der Waals surface area contributed by atoms with Crippen LogP contribution in [0.25, 0.3) is 32.6 Å². The van der Waals surface area contributed by atoms with Crippen molar-refractivity contribution in [3.05, 3.63) is 53.1 Å². The molecular weight excluding hydrogens is 391 g/mol. The first-order chi connectivity index (χ1) is 12.7. The maximum absolute atomic E-state index is 5.51. The van der Waals surface area contributed by atoms with Crippen LogP contribution in [0.5, 0.6) is 5.75 Å². The van der Waals surface area contributed by atoms with Crippen LogP contribution < -0.4 is 4.74 Å². The number of benzene rings is 3. The normalized spacial score (nSPS) is 12.4. The third kappa shape index (κ3) is 2.95. The summed E-state index contributed by atoms with van der Waals surface area (Å²) in [7, 11) is 3.92. The van der Waals surface area contributed by atoms with Gasteiger partial charge in [0.2, 0.25) is 0 Å². The van der Waals surface area contributed by atoms with Gasteiger partial charge in [0.15, 0.2) is 0 Å². The Morgan fingerprint density at radius 1 is 0.889 bits per heavy atom. The van der Waals surface area contributed by atoms with Crippen molar-refractivity contribution in [1.82, 2.24) is 4.57 Å². The van der Waals surface area contributed by atoms with E-state index in [1.54, 1.807) is 7.11 Å². The van der Waals surface area contributed by atoms with Gasteiger partial charge >= 0.3 is 165 Å². The number of aromatic nitrogens is 1. The second-order valence-electron chi connectivity index (χ2n) is 9.03. The molecule has 1 aromatic heterocycles. The van der Waals surface area contributed by atoms with E-state index in [-0.39, 0.29) is 0 Å². The second-order valence-corrected chi connectivity index (χ2v) is 20.5. The molecule has 0 fully saturated rings. The number of aryl methyl sites for hydroxylation is 3. The third-order valence-corrected chi connectivity index (χ3v) is 8.85. The second kappa shape index (κ2) is 6.30. The molecule has 0 radical (unpaired) electrons. The quantitative estimate of drug-likeness (QED) is 0.344. The monoisotopic (exact) mass is 420 g/mol. The Bertz CT molecular complexity index is 1190. The van der Waals surface area contributed by atoms with Crippen LogP contribution in [-0.2, 0) is 12.3 Å². The molecule has 0 spiro atoms. The Morgan fingerprint density at radius 3 is 2.30 bits per heavy atom.